The highest BCUT2D eigenvalue weighted by Gasteiger charge is 2.66. The fourth-order valence-electron chi connectivity index (χ4n) is 4.74. The third-order valence-corrected chi connectivity index (χ3v) is 7.46. The molecule has 0 radical (unpaired) electrons. The maximum atomic E-state index is 16.7. The molecule has 1 aliphatic rings. The summed E-state index contributed by atoms with van der Waals surface area (Å²) in [4.78, 5) is 37.6. The van der Waals surface area contributed by atoms with Crippen LogP contribution in [0.4, 0.5) is 10.2 Å². The van der Waals surface area contributed by atoms with Crippen molar-refractivity contribution in [3.63, 3.8) is 0 Å². The summed E-state index contributed by atoms with van der Waals surface area (Å²) in [6.07, 6.45) is 0.245. The Morgan fingerprint density at radius 3 is 2.55 bits per heavy atom. The summed E-state index contributed by atoms with van der Waals surface area (Å²) in [6.45, 7) is 3.88. The standard InChI is InChI=1S/C28H27ClFN5O5/c1-17(36)40-28(3)21(14-38-25(37)18-9-5-4-6-10-18)39-26(27(28,2)30)35-16-34-22-23(32-15-33-24(22)35)31-13-19-11-7-8-12-20(19)29/h4-12,15-16,21,26H,13-14H2,1-3H3,(H,31,32,33)/t21-,26-,27+,28-/m1/s1. The number of imidazole rings is 1. The van der Waals surface area contributed by atoms with Crippen LogP contribution in [0.5, 0.6) is 0 Å². The number of ether oxygens (including phenoxy) is 3. The second-order valence-electron chi connectivity index (χ2n) is 9.71. The molecule has 0 amide bonds. The first-order valence-corrected chi connectivity index (χ1v) is 12.9. The maximum absolute atomic E-state index is 16.7. The largest absolute Gasteiger partial charge is 0.459 e. The number of alkyl halides is 1. The van der Waals surface area contributed by atoms with E-state index in [4.69, 9.17) is 25.8 Å². The van der Waals surface area contributed by atoms with E-state index in [0.717, 1.165) is 5.56 Å². The highest BCUT2D eigenvalue weighted by Crippen LogP contribution is 2.51. The SMILES string of the molecule is CC(=O)O[C@]1(C)[C@@H](COC(=O)c2ccccc2)O[C@@H](n2cnc3c(NCc4ccccc4Cl)ncnc32)[C@]1(C)F. The molecule has 0 bridgehead atoms. The summed E-state index contributed by atoms with van der Waals surface area (Å²) in [5, 5.41) is 3.80. The van der Waals surface area contributed by atoms with E-state index < -0.39 is 35.5 Å². The molecule has 40 heavy (non-hydrogen) atoms. The average Bonchev–Trinajstić information content (AvgIpc) is 3.43. The van der Waals surface area contributed by atoms with Crippen LogP contribution in [0.15, 0.2) is 67.3 Å². The number of anilines is 1. The van der Waals surface area contributed by atoms with Crippen LogP contribution >= 0.6 is 11.6 Å². The molecule has 4 aromatic rings. The van der Waals surface area contributed by atoms with Crippen molar-refractivity contribution in [2.75, 3.05) is 11.9 Å². The van der Waals surface area contributed by atoms with Gasteiger partial charge in [0, 0.05) is 18.5 Å². The van der Waals surface area contributed by atoms with E-state index in [0.29, 0.717) is 28.5 Å². The van der Waals surface area contributed by atoms with Crippen molar-refractivity contribution in [3.8, 4) is 0 Å². The Balaban J connectivity index is 1.43. The van der Waals surface area contributed by atoms with Gasteiger partial charge in [0.05, 0.1) is 11.9 Å². The Morgan fingerprint density at radius 1 is 1.10 bits per heavy atom. The Labute approximate surface area is 234 Å². The zero-order chi connectivity index (χ0) is 28.5. The van der Waals surface area contributed by atoms with Crippen molar-refractivity contribution in [2.24, 2.45) is 0 Å². The number of carbonyl (C=O) groups is 2. The molecule has 2 aromatic carbocycles. The molecule has 0 unspecified atom stereocenters. The molecule has 0 spiro atoms. The summed E-state index contributed by atoms with van der Waals surface area (Å²) in [5.74, 6) is -0.911. The van der Waals surface area contributed by atoms with Gasteiger partial charge in [-0.2, -0.15) is 0 Å². The monoisotopic (exact) mass is 567 g/mol. The molecule has 5 rings (SSSR count). The third-order valence-electron chi connectivity index (χ3n) is 7.09. The van der Waals surface area contributed by atoms with E-state index in [1.807, 2.05) is 18.2 Å². The van der Waals surface area contributed by atoms with Gasteiger partial charge in [0.25, 0.3) is 0 Å². The van der Waals surface area contributed by atoms with E-state index in [-0.39, 0.29) is 12.3 Å². The van der Waals surface area contributed by atoms with Gasteiger partial charge in [-0.3, -0.25) is 9.36 Å². The maximum Gasteiger partial charge on any atom is 0.338 e. The van der Waals surface area contributed by atoms with Crippen molar-refractivity contribution >= 4 is 40.5 Å². The number of nitrogens with zero attached hydrogens (tertiary/aromatic N) is 4. The molecule has 208 valence electrons. The van der Waals surface area contributed by atoms with Gasteiger partial charge in [-0.05, 0) is 37.6 Å². The lowest BCUT2D eigenvalue weighted by molar-refractivity contribution is -0.175. The molecule has 3 heterocycles. The molecule has 1 N–H and O–H groups in total. The van der Waals surface area contributed by atoms with Crippen molar-refractivity contribution in [1.29, 1.82) is 0 Å². The molecule has 1 aliphatic heterocycles. The minimum atomic E-state index is -2.29. The van der Waals surface area contributed by atoms with Crippen LogP contribution in [0.3, 0.4) is 0 Å². The number of fused-ring (bicyclic) bond motifs is 1. The first-order chi connectivity index (χ1) is 19.1. The molecule has 2 aromatic heterocycles. The van der Waals surface area contributed by atoms with Crippen LogP contribution in [0.2, 0.25) is 5.02 Å². The van der Waals surface area contributed by atoms with Gasteiger partial charge in [-0.1, -0.05) is 48.0 Å². The summed E-state index contributed by atoms with van der Waals surface area (Å²) in [7, 11) is 0. The van der Waals surface area contributed by atoms with Gasteiger partial charge >= 0.3 is 11.9 Å². The molecule has 10 nitrogen and oxygen atoms in total. The minimum Gasteiger partial charge on any atom is -0.459 e. The van der Waals surface area contributed by atoms with Crippen LogP contribution in [-0.4, -0.2) is 55.4 Å². The van der Waals surface area contributed by atoms with Gasteiger partial charge in [-0.25, -0.2) is 24.1 Å². The number of hydrogen-bond acceptors (Lipinski definition) is 9. The summed E-state index contributed by atoms with van der Waals surface area (Å²) < 4.78 is 35.2. The van der Waals surface area contributed by atoms with E-state index in [2.05, 4.69) is 20.3 Å². The van der Waals surface area contributed by atoms with Gasteiger partial charge in [-0.15, -0.1) is 0 Å². The number of rotatable bonds is 8. The zero-order valence-corrected chi connectivity index (χ0v) is 22.8. The molecule has 1 fully saturated rings. The van der Waals surface area contributed by atoms with E-state index in [1.165, 1.54) is 38.0 Å². The molecular weight excluding hydrogens is 541 g/mol. The van der Waals surface area contributed by atoms with Crippen LogP contribution in [0.25, 0.3) is 11.2 Å². The van der Waals surface area contributed by atoms with Crippen molar-refractivity contribution in [2.45, 2.75) is 50.9 Å². The predicted octanol–water partition coefficient (Wildman–Crippen LogP) is 4.90. The molecule has 0 saturated carbocycles. The van der Waals surface area contributed by atoms with E-state index in [1.54, 1.807) is 36.4 Å². The Hall–Kier alpha value is -4.09. The van der Waals surface area contributed by atoms with Gasteiger partial charge < -0.3 is 19.5 Å². The number of halogens is 2. The number of carbonyl (C=O) groups excluding carboxylic acids is 2. The quantitative estimate of drug-likeness (QED) is 0.297. The van der Waals surface area contributed by atoms with Gasteiger partial charge in [0.15, 0.2) is 34.5 Å². The number of benzene rings is 2. The highest BCUT2D eigenvalue weighted by molar-refractivity contribution is 6.31. The second kappa shape index (κ2) is 10.8. The Morgan fingerprint density at radius 2 is 1.82 bits per heavy atom. The van der Waals surface area contributed by atoms with E-state index >= 15 is 4.39 Å². The number of hydrogen-bond donors (Lipinski definition) is 1. The molecular formula is C28H27ClFN5O5. The fourth-order valence-corrected chi connectivity index (χ4v) is 4.95. The zero-order valence-electron chi connectivity index (χ0n) is 22.0. The first-order valence-electron chi connectivity index (χ1n) is 12.5. The lowest BCUT2D eigenvalue weighted by Crippen LogP contribution is -2.55. The minimum absolute atomic E-state index is 0.289. The van der Waals surface area contributed by atoms with Gasteiger partial charge in [0.1, 0.15) is 19.0 Å². The Bertz CT molecular complexity index is 1550. The Kier molecular flexibility index (Phi) is 7.43. The molecule has 1 saturated heterocycles. The van der Waals surface area contributed by atoms with Crippen LogP contribution in [0.1, 0.15) is 42.9 Å². The topological polar surface area (TPSA) is 117 Å². The van der Waals surface area contributed by atoms with Crippen molar-refractivity contribution < 1.29 is 28.2 Å². The van der Waals surface area contributed by atoms with E-state index in [9.17, 15) is 9.59 Å². The normalized spacial score (nSPS) is 24.1. The third kappa shape index (κ3) is 4.98. The average molecular weight is 568 g/mol. The molecule has 4 atom stereocenters. The van der Waals surface area contributed by atoms with Crippen LogP contribution in [-0.2, 0) is 25.5 Å². The summed E-state index contributed by atoms with van der Waals surface area (Å²) in [5.41, 5.74) is -2.25. The second-order valence-corrected chi connectivity index (χ2v) is 10.1. The van der Waals surface area contributed by atoms with Crippen LogP contribution < -0.4 is 5.32 Å². The van der Waals surface area contributed by atoms with Crippen molar-refractivity contribution in [3.05, 3.63) is 83.4 Å². The number of nitrogens with one attached hydrogen (secondary N) is 1. The lowest BCUT2D eigenvalue weighted by Gasteiger charge is -2.36. The van der Waals surface area contributed by atoms with Gasteiger partial charge in [0.2, 0.25) is 0 Å². The number of aromatic nitrogens is 4. The predicted molar refractivity (Wildman–Crippen MR) is 144 cm³/mol. The summed E-state index contributed by atoms with van der Waals surface area (Å²) in [6, 6.07) is 15.7. The fraction of sp³-hybridized carbons (Fsp3) is 0.321. The highest BCUT2D eigenvalue weighted by atomic mass is 35.5. The molecule has 12 heteroatoms. The lowest BCUT2D eigenvalue weighted by atomic mass is 9.84. The molecule has 0 aliphatic carbocycles. The van der Waals surface area contributed by atoms with Crippen molar-refractivity contribution in [1.82, 2.24) is 19.5 Å². The number of esters is 2. The summed E-state index contributed by atoms with van der Waals surface area (Å²) >= 11 is 6.27. The van der Waals surface area contributed by atoms with Crippen LogP contribution in [0, 0.1) is 0 Å². The smallest absolute Gasteiger partial charge is 0.338 e. The first kappa shape index (κ1) is 27.5.